The van der Waals surface area contributed by atoms with Gasteiger partial charge in [0.2, 0.25) is 41.4 Å². The summed E-state index contributed by atoms with van der Waals surface area (Å²) in [7, 11) is 0. The zero-order valence-corrected chi connectivity index (χ0v) is 42.7. The zero-order valence-electron chi connectivity index (χ0n) is 42.7. The van der Waals surface area contributed by atoms with Gasteiger partial charge in [-0.25, -0.2) is 4.79 Å². The molecule has 0 spiro atoms. The Kier molecular flexibility index (Phi) is 33.9. The minimum absolute atomic E-state index is 0.0272. The number of aliphatic hydroxyl groups excluding tert-OH is 2. The smallest absolute Gasteiger partial charge is 0.326 e. The summed E-state index contributed by atoms with van der Waals surface area (Å²) < 4.78 is 0. The van der Waals surface area contributed by atoms with Crippen LogP contribution >= 0.6 is 0 Å². The Labute approximate surface area is 420 Å². The van der Waals surface area contributed by atoms with Crippen LogP contribution in [0.5, 0.6) is 0 Å². The fourth-order valence-electron chi connectivity index (χ4n) is 8.25. The molecule has 18 N–H and O–H groups in total. The first kappa shape index (κ1) is 63.9. The average molecular weight is 1010 g/mol. The number of aliphatic imine (C=N–C) groups is 1. The van der Waals surface area contributed by atoms with Gasteiger partial charge >= 0.3 is 5.97 Å². The van der Waals surface area contributed by atoms with Gasteiger partial charge < -0.3 is 75.5 Å². The standard InChI is InChI=1S/C48H90N12O11/c1-4-5-6-7-8-9-10-11-12-13-14-22-40(64)56-36(29-39(50)63)43(66)55-32(19-17-27-54-48(51)52)23-24-38(62)41(60-45(68)37(30-61)59-42(65)33-21-18-26-53-33)46(69)58-35(28-31(2)3)44(67)57-34(47(70)71)20-15-16-25-49/h31-38,41,53,61-62H,4-30,49H2,1-3H3,(H2,50,63)(H,55,66)(H,56,64)(H,57,67)(H,58,69)(H,59,65)(H,60,68)(H,70,71)(H4,51,52,54)/t32-,33-,34+,35+,36-,37+,38+,41+/m1/s1. The number of carbonyl (C=O) groups excluding carboxylic acids is 7. The highest BCUT2D eigenvalue weighted by Crippen LogP contribution is 2.16. The third kappa shape index (κ3) is 29.1. The molecule has 408 valence electrons. The molecule has 23 heteroatoms. The van der Waals surface area contributed by atoms with Crippen LogP contribution in [0.15, 0.2) is 4.99 Å². The molecule has 0 aliphatic carbocycles. The summed E-state index contributed by atoms with van der Waals surface area (Å²) in [6.45, 7) is 5.90. The molecule has 1 heterocycles. The van der Waals surface area contributed by atoms with Gasteiger partial charge in [-0.15, -0.1) is 0 Å². The molecule has 71 heavy (non-hydrogen) atoms. The van der Waals surface area contributed by atoms with E-state index >= 15 is 0 Å². The van der Waals surface area contributed by atoms with Crippen LogP contribution in [-0.2, 0) is 38.4 Å². The van der Waals surface area contributed by atoms with Crippen molar-refractivity contribution in [1.29, 1.82) is 0 Å². The lowest BCUT2D eigenvalue weighted by Gasteiger charge is -2.30. The summed E-state index contributed by atoms with van der Waals surface area (Å²) in [5, 5.41) is 50.1. The Hall–Kier alpha value is -5.13. The number of carboxylic acid groups (broad SMARTS) is 1. The number of amides is 7. The second-order valence-electron chi connectivity index (χ2n) is 19.1. The van der Waals surface area contributed by atoms with Crippen molar-refractivity contribution >= 4 is 53.3 Å². The van der Waals surface area contributed by atoms with Crippen LogP contribution < -0.4 is 60.2 Å². The number of nitrogens with one attached hydrogen (secondary N) is 7. The topological polar surface area (TPSA) is 398 Å². The predicted octanol–water partition coefficient (Wildman–Crippen LogP) is -0.330. The summed E-state index contributed by atoms with van der Waals surface area (Å²) in [5.74, 6) is -7.14. The summed E-state index contributed by atoms with van der Waals surface area (Å²) in [5.41, 5.74) is 22.1. The van der Waals surface area contributed by atoms with Crippen LogP contribution in [0, 0.1) is 5.92 Å². The van der Waals surface area contributed by atoms with Crippen molar-refractivity contribution in [2.75, 3.05) is 26.2 Å². The van der Waals surface area contributed by atoms with Gasteiger partial charge in [0.25, 0.3) is 0 Å². The first-order valence-electron chi connectivity index (χ1n) is 25.9. The van der Waals surface area contributed by atoms with Gasteiger partial charge in [-0.2, -0.15) is 0 Å². The van der Waals surface area contributed by atoms with Gasteiger partial charge in [0.05, 0.1) is 25.2 Å². The van der Waals surface area contributed by atoms with Crippen molar-refractivity contribution in [3.63, 3.8) is 0 Å². The molecule has 1 fully saturated rings. The number of carbonyl (C=O) groups is 8. The molecule has 7 amide bonds. The van der Waals surface area contributed by atoms with Gasteiger partial charge in [-0.05, 0) is 89.6 Å². The van der Waals surface area contributed by atoms with Crippen LogP contribution in [0.2, 0.25) is 0 Å². The second-order valence-corrected chi connectivity index (χ2v) is 19.1. The highest BCUT2D eigenvalue weighted by atomic mass is 16.4. The van der Waals surface area contributed by atoms with E-state index in [1.807, 2.05) is 0 Å². The molecule has 1 aliphatic rings. The maximum absolute atomic E-state index is 14.2. The number of unbranched alkanes of at least 4 members (excludes halogenated alkanes) is 11. The summed E-state index contributed by atoms with van der Waals surface area (Å²) in [6.07, 6.45) is 12.3. The number of aliphatic carboxylic acids is 1. The molecular weight excluding hydrogens is 921 g/mol. The molecule has 1 saturated heterocycles. The molecule has 0 aromatic rings. The number of rotatable bonds is 41. The fraction of sp³-hybridized carbons (Fsp3) is 0.812. The van der Waals surface area contributed by atoms with E-state index in [1.165, 1.54) is 38.5 Å². The minimum atomic E-state index is -1.82. The molecule has 0 saturated carbocycles. The first-order valence-corrected chi connectivity index (χ1v) is 25.9. The predicted molar refractivity (Wildman–Crippen MR) is 270 cm³/mol. The molecule has 0 bridgehead atoms. The molecule has 0 aromatic carbocycles. The SMILES string of the molecule is CCCCCCCCCCCCCC(=O)N[C@H](CC(N)=O)C(=O)N[C@H](CCCN=C(N)N)CC[C@H](O)[C@H](NC(=O)[C@H](CO)NC(=O)[C@H]1CCCN1)C(=O)N[C@@H](CC(C)C)C(=O)N[C@@H](CCCCN)C(=O)O. The van der Waals surface area contributed by atoms with Gasteiger partial charge in [-0.1, -0.05) is 85.0 Å². The third-order valence-electron chi connectivity index (χ3n) is 12.3. The lowest BCUT2D eigenvalue weighted by molar-refractivity contribution is -0.142. The van der Waals surface area contributed by atoms with Crippen LogP contribution in [-0.4, -0.2) is 143 Å². The molecule has 8 atom stereocenters. The summed E-state index contributed by atoms with van der Waals surface area (Å²) in [6, 6.07) is -8.74. The first-order chi connectivity index (χ1) is 33.8. The highest BCUT2D eigenvalue weighted by molar-refractivity contribution is 5.96. The molecule has 0 aromatic heterocycles. The van der Waals surface area contributed by atoms with E-state index in [-0.39, 0.29) is 56.9 Å². The van der Waals surface area contributed by atoms with Gasteiger partial charge in [0.15, 0.2) is 5.96 Å². The van der Waals surface area contributed by atoms with E-state index in [2.05, 4.69) is 49.1 Å². The molecule has 0 radical (unpaired) electrons. The number of nitrogens with zero attached hydrogens (tertiary/aromatic N) is 1. The minimum Gasteiger partial charge on any atom is -0.480 e. The van der Waals surface area contributed by atoms with Crippen molar-refractivity contribution in [3.8, 4) is 0 Å². The number of hydrogen-bond acceptors (Lipinski definition) is 13. The van der Waals surface area contributed by atoms with E-state index in [9.17, 15) is 53.7 Å². The average Bonchev–Trinajstić information content (AvgIpc) is 3.86. The number of carboxylic acids is 1. The second kappa shape index (κ2) is 37.6. The van der Waals surface area contributed by atoms with E-state index in [4.69, 9.17) is 22.9 Å². The van der Waals surface area contributed by atoms with Crippen molar-refractivity contribution < 1.29 is 53.7 Å². The zero-order chi connectivity index (χ0) is 53.1. The van der Waals surface area contributed by atoms with Gasteiger partial charge in [0, 0.05) is 19.0 Å². The molecule has 23 nitrogen and oxygen atoms in total. The molecule has 1 aliphatic heterocycles. The molecular formula is C48H90N12O11. The number of aliphatic hydroxyl groups is 2. The number of hydrogen-bond donors (Lipinski definition) is 14. The summed E-state index contributed by atoms with van der Waals surface area (Å²) in [4.78, 5) is 109. The van der Waals surface area contributed by atoms with E-state index in [1.54, 1.807) is 13.8 Å². The Morgan fingerprint density at radius 3 is 1.82 bits per heavy atom. The normalized spacial score (nSPS) is 16.3. The maximum Gasteiger partial charge on any atom is 0.326 e. The van der Waals surface area contributed by atoms with Crippen LogP contribution in [0.4, 0.5) is 0 Å². The fourth-order valence-corrected chi connectivity index (χ4v) is 8.25. The number of nitrogens with two attached hydrogens (primary N) is 4. The lowest BCUT2D eigenvalue weighted by Crippen LogP contribution is -2.62. The van der Waals surface area contributed by atoms with E-state index in [0.29, 0.717) is 51.6 Å². The Morgan fingerprint density at radius 1 is 0.662 bits per heavy atom. The Balaban J connectivity index is 3.33. The highest BCUT2D eigenvalue weighted by Gasteiger charge is 2.36. The van der Waals surface area contributed by atoms with Crippen molar-refractivity contribution in [1.82, 2.24) is 37.2 Å². The Morgan fingerprint density at radius 2 is 1.27 bits per heavy atom. The van der Waals surface area contributed by atoms with Crippen molar-refractivity contribution in [3.05, 3.63) is 0 Å². The quantitative estimate of drug-likeness (QED) is 0.0212. The monoisotopic (exact) mass is 1010 g/mol. The number of guanidine groups is 1. The van der Waals surface area contributed by atoms with Crippen molar-refractivity contribution in [2.45, 2.75) is 217 Å². The number of primary amides is 1. The van der Waals surface area contributed by atoms with Crippen LogP contribution in [0.1, 0.15) is 168 Å². The van der Waals surface area contributed by atoms with E-state index < -0.39 is 109 Å². The third-order valence-corrected chi connectivity index (χ3v) is 12.3. The Bertz CT molecular complexity index is 1650. The maximum atomic E-state index is 14.2. The van der Waals surface area contributed by atoms with E-state index in [0.717, 1.165) is 25.7 Å². The van der Waals surface area contributed by atoms with Crippen LogP contribution in [0.3, 0.4) is 0 Å². The largest absolute Gasteiger partial charge is 0.480 e. The summed E-state index contributed by atoms with van der Waals surface area (Å²) >= 11 is 0. The van der Waals surface area contributed by atoms with Gasteiger partial charge in [-0.3, -0.25) is 38.6 Å². The van der Waals surface area contributed by atoms with Crippen LogP contribution in [0.25, 0.3) is 0 Å². The van der Waals surface area contributed by atoms with Crippen molar-refractivity contribution in [2.24, 2.45) is 33.8 Å². The molecule has 1 rings (SSSR count). The van der Waals surface area contributed by atoms with Gasteiger partial charge in [0.1, 0.15) is 30.2 Å². The lowest BCUT2D eigenvalue weighted by atomic mass is 9.97. The molecule has 0 unspecified atom stereocenters.